The number of nitrogens with zero attached hydrogens (tertiary/aromatic N) is 3. The summed E-state index contributed by atoms with van der Waals surface area (Å²) in [5.41, 5.74) is 0.589. The third-order valence-corrected chi connectivity index (χ3v) is 7.09. The van der Waals surface area contributed by atoms with Crippen LogP contribution in [0.4, 0.5) is 0 Å². The minimum absolute atomic E-state index is 0.00693. The highest BCUT2D eigenvalue weighted by atomic mass is 32.2. The van der Waals surface area contributed by atoms with Gasteiger partial charge in [0.05, 0.1) is 39.4 Å². The fourth-order valence-corrected chi connectivity index (χ4v) is 4.83. The Morgan fingerprint density at radius 1 is 0.941 bits per heavy atom. The molecule has 0 saturated carbocycles. The van der Waals surface area contributed by atoms with E-state index in [0.29, 0.717) is 54.9 Å². The summed E-state index contributed by atoms with van der Waals surface area (Å²) in [6, 6.07) is 9.60. The van der Waals surface area contributed by atoms with Gasteiger partial charge in [-0.1, -0.05) is 0 Å². The van der Waals surface area contributed by atoms with Gasteiger partial charge in [0.15, 0.2) is 18.1 Å². The maximum Gasteiger partial charge on any atom is 0.254 e. The molecule has 182 valence electrons. The van der Waals surface area contributed by atoms with E-state index in [0.717, 1.165) is 0 Å². The van der Waals surface area contributed by atoms with Crippen molar-refractivity contribution in [1.29, 1.82) is 0 Å². The lowest BCUT2D eigenvalue weighted by atomic mass is 10.2. The number of benzene rings is 2. The summed E-state index contributed by atoms with van der Waals surface area (Å²) in [5, 5.41) is 8.07. The second-order valence-corrected chi connectivity index (χ2v) is 9.13. The van der Waals surface area contributed by atoms with Gasteiger partial charge in [0.1, 0.15) is 5.75 Å². The molecule has 4 rings (SSSR count). The van der Waals surface area contributed by atoms with E-state index in [1.54, 1.807) is 24.3 Å². The molecule has 0 spiro atoms. The second-order valence-electron chi connectivity index (χ2n) is 7.19. The predicted molar refractivity (Wildman–Crippen MR) is 120 cm³/mol. The van der Waals surface area contributed by atoms with Crippen LogP contribution >= 0.6 is 0 Å². The third-order valence-electron chi connectivity index (χ3n) is 5.17. The van der Waals surface area contributed by atoms with E-state index in [1.165, 1.54) is 37.8 Å². The summed E-state index contributed by atoms with van der Waals surface area (Å²) >= 11 is 0. The Morgan fingerprint density at radius 3 is 2.18 bits per heavy atom. The highest BCUT2D eigenvalue weighted by Crippen LogP contribution is 2.40. The van der Waals surface area contributed by atoms with Gasteiger partial charge in [0.25, 0.3) is 5.89 Å². The van der Waals surface area contributed by atoms with Crippen molar-refractivity contribution in [3.63, 3.8) is 0 Å². The molecule has 1 aliphatic rings. The van der Waals surface area contributed by atoms with Crippen LogP contribution in [-0.2, 0) is 21.4 Å². The van der Waals surface area contributed by atoms with Crippen LogP contribution in [-0.4, -0.2) is 70.6 Å². The third kappa shape index (κ3) is 4.93. The average Bonchev–Trinajstić information content (AvgIpc) is 3.36. The molecule has 0 amide bonds. The molecule has 0 radical (unpaired) electrons. The van der Waals surface area contributed by atoms with Crippen LogP contribution in [0.25, 0.3) is 11.5 Å². The minimum atomic E-state index is -3.56. The number of methoxy groups -OCH3 is 3. The maximum absolute atomic E-state index is 12.7. The molecule has 12 heteroatoms. The zero-order valence-corrected chi connectivity index (χ0v) is 19.8. The molecule has 0 atom stereocenters. The summed E-state index contributed by atoms with van der Waals surface area (Å²) in [5.74, 6) is 2.34. The first-order valence-corrected chi connectivity index (χ1v) is 11.8. The first-order valence-electron chi connectivity index (χ1n) is 10.4. The Bertz CT molecular complexity index is 1200. The van der Waals surface area contributed by atoms with Crippen molar-refractivity contribution >= 4 is 10.0 Å². The van der Waals surface area contributed by atoms with E-state index < -0.39 is 10.0 Å². The maximum atomic E-state index is 12.7. The van der Waals surface area contributed by atoms with Gasteiger partial charge in [-0.05, 0) is 36.4 Å². The van der Waals surface area contributed by atoms with E-state index in [9.17, 15) is 8.42 Å². The van der Waals surface area contributed by atoms with Crippen molar-refractivity contribution in [2.24, 2.45) is 0 Å². The molecule has 2 aromatic carbocycles. The Balaban J connectivity index is 1.43. The molecule has 3 aromatic rings. The van der Waals surface area contributed by atoms with Crippen LogP contribution in [0.2, 0.25) is 0 Å². The fourth-order valence-electron chi connectivity index (χ4n) is 3.42. The van der Waals surface area contributed by atoms with Crippen LogP contribution in [0.1, 0.15) is 5.89 Å². The summed E-state index contributed by atoms with van der Waals surface area (Å²) in [4.78, 5) is 0.198. The van der Waals surface area contributed by atoms with Gasteiger partial charge in [-0.15, -0.1) is 10.2 Å². The topological polar surface area (TPSA) is 122 Å². The number of aromatic nitrogens is 2. The first-order chi connectivity index (χ1) is 16.5. The van der Waals surface area contributed by atoms with Crippen molar-refractivity contribution in [2.75, 3.05) is 47.6 Å². The summed E-state index contributed by atoms with van der Waals surface area (Å²) in [6.07, 6.45) is 0. The lowest BCUT2D eigenvalue weighted by Gasteiger charge is -2.26. The molecular weight excluding hydrogens is 466 g/mol. The highest BCUT2D eigenvalue weighted by Gasteiger charge is 2.26. The molecule has 11 nitrogen and oxygen atoms in total. The summed E-state index contributed by atoms with van der Waals surface area (Å²) < 4.78 is 59.5. The summed E-state index contributed by atoms with van der Waals surface area (Å²) in [7, 11) is 0.997. The van der Waals surface area contributed by atoms with Crippen molar-refractivity contribution in [3.05, 3.63) is 42.3 Å². The zero-order chi connectivity index (χ0) is 24.1. The molecule has 0 unspecified atom stereocenters. The molecule has 1 aliphatic heterocycles. The molecule has 0 aliphatic carbocycles. The van der Waals surface area contributed by atoms with Gasteiger partial charge in [-0.25, -0.2) is 8.42 Å². The van der Waals surface area contributed by atoms with Crippen molar-refractivity contribution in [2.45, 2.75) is 11.5 Å². The number of ether oxygens (including phenoxy) is 5. The van der Waals surface area contributed by atoms with Crippen LogP contribution in [0.5, 0.6) is 23.0 Å². The number of hydrogen-bond acceptors (Lipinski definition) is 10. The largest absolute Gasteiger partial charge is 0.493 e. The van der Waals surface area contributed by atoms with Crippen molar-refractivity contribution in [3.8, 4) is 34.5 Å². The SMILES string of the molecule is COc1cc(-c2nnc(COc3ccc(S(=O)(=O)N4CCOCC4)cc3)o2)cc(OC)c1OC. The smallest absolute Gasteiger partial charge is 0.254 e. The molecule has 34 heavy (non-hydrogen) atoms. The second kappa shape index (κ2) is 10.3. The van der Waals surface area contributed by atoms with Crippen LogP contribution in [0, 0.1) is 0 Å². The van der Waals surface area contributed by atoms with Gasteiger partial charge < -0.3 is 28.1 Å². The zero-order valence-electron chi connectivity index (χ0n) is 19.0. The first kappa shape index (κ1) is 23.8. The number of morpholine rings is 1. The van der Waals surface area contributed by atoms with Gasteiger partial charge in [0, 0.05) is 18.7 Å². The minimum Gasteiger partial charge on any atom is -0.493 e. The number of sulfonamides is 1. The quantitative estimate of drug-likeness (QED) is 0.441. The lowest BCUT2D eigenvalue weighted by Crippen LogP contribution is -2.40. The van der Waals surface area contributed by atoms with E-state index in [4.69, 9.17) is 28.1 Å². The number of rotatable bonds is 9. The van der Waals surface area contributed by atoms with E-state index in [-0.39, 0.29) is 23.3 Å². The number of hydrogen-bond donors (Lipinski definition) is 0. The normalized spacial score (nSPS) is 14.6. The molecule has 1 fully saturated rings. The van der Waals surface area contributed by atoms with Crippen LogP contribution in [0.3, 0.4) is 0 Å². The summed E-state index contributed by atoms with van der Waals surface area (Å²) in [6.45, 7) is 1.47. The standard InChI is InChI=1S/C22H25N3O8S/c1-28-18-12-15(13-19(29-2)21(18)30-3)22-24-23-20(33-22)14-32-16-4-6-17(7-5-16)34(26,27)25-8-10-31-11-9-25/h4-7,12-13H,8-11,14H2,1-3H3. The van der Waals surface area contributed by atoms with E-state index in [2.05, 4.69) is 10.2 Å². The highest BCUT2D eigenvalue weighted by molar-refractivity contribution is 7.89. The molecular formula is C22H25N3O8S. The fraction of sp³-hybridized carbons (Fsp3) is 0.364. The monoisotopic (exact) mass is 491 g/mol. The molecule has 1 saturated heterocycles. The Hall–Kier alpha value is -3.35. The Kier molecular flexibility index (Phi) is 7.20. The van der Waals surface area contributed by atoms with Gasteiger partial charge in [-0.2, -0.15) is 4.31 Å². The van der Waals surface area contributed by atoms with E-state index in [1.807, 2.05) is 0 Å². The van der Waals surface area contributed by atoms with Crippen molar-refractivity contribution in [1.82, 2.24) is 14.5 Å². The Labute approximate surface area is 197 Å². The van der Waals surface area contributed by atoms with Crippen molar-refractivity contribution < 1.29 is 36.5 Å². The van der Waals surface area contributed by atoms with Crippen LogP contribution < -0.4 is 18.9 Å². The Morgan fingerprint density at radius 2 is 1.59 bits per heavy atom. The van der Waals surface area contributed by atoms with Crippen LogP contribution in [0.15, 0.2) is 45.7 Å². The predicted octanol–water partition coefficient (Wildman–Crippen LogP) is 2.36. The molecule has 0 N–H and O–H groups in total. The molecule has 2 heterocycles. The molecule has 1 aromatic heterocycles. The molecule has 0 bridgehead atoms. The van der Waals surface area contributed by atoms with Gasteiger partial charge in [-0.3, -0.25) is 0 Å². The van der Waals surface area contributed by atoms with Gasteiger partial charge >= 0.3 is 0 Å². The van der Waals surface area contributed by atoms with E-state index >= 15 is 0 Å². The lowest BCUT2D eigenvalue weighted by molar-refractivity contribution is 0.0730. The van der Waals surface area contributed by atoms with Gasteiger partial charge in [0.2, 0.25) is 21.7 Å². The average molecular weight is 492 g/mol.